The zero-order valence-electron chi connectivity index (χ0n) is 18.0. The molecule has 0 saturated heterocycles. The molecule has 1 atom stereocenters. The summed E-state index contributed by atoms with van der Waals surface area (Å²) in [5.74, 6) is 0.788. The van der Waals surface area contributed by atoms with Crippen LogP contribution >= 0.6 is 11.8 Å². The Hall–Kier alpha value is -0.363. The number of unbranched alkanes of at least 4 members (excludes halogenated alkanes) is 4. The molecule has 0 heterocycles. The summed E-state index contributed by atoms with van der Waals surface area (Å²) in [5.41, 5.74) is 0. The third kappa shape index (κ3) is 12.1. The minimum atomic E-state index is -2.00. The van der Waals surface area contributed by atoms with Crippen molar-refractivity contribution in [1.82, 2.24) is 0 Å². The maximum Gasteiger partial charge on any atom is 0.238 e. The Labute approximate surface area is 167 Å². The van der Waals surface area contributed by atoms with Gasteiger partial charge in [0.05, 0.1) is 0 Å². The van der Waals surface area contributed by atoms with Crippen LogP contribution in [0.15, 0.2) is 24.3 Å². The minimum Gasteiger partial charge on any atom is -0.287 e. The van der Waals surface area contributed by atoms with Crippen LogP contribution in [0.2, 0.25) is 18.1 Å². The molecule has 1 unspecified atom stereocenters. The number of hydrogen-bond acceptors (Lipinski definition) is 4. The predicted octanol–water partition coefficient (Wildman–Crippen LogP) is 7.06. The minimum absolute atomic E-state index is 0.0713. The molecule has 0 aliphatic rings. The maximum atomic E-state index is 12.0. The Kier molecular flexibility index (Phi) is 13.6. The number of allylic oxidation sites excluding steroid dienone is 3. The molecule has 0 rings (SSSR count). The number of carbonyl (C=O) groups is 1. The highest BCUT2D eigenvalue weighted by Crippen LogP contribution is 2.37. The molecule has 0 N–H and O–H groups in total. The van der Waals surface area contributed by atoms with Crippen LogP contribution in [0.4, 0.5) is 0 Å². The molecule has 0 aromatic heterocycles. The van der Waals surface area contributed by atoms with Crippen LogP contribution < -0.4 is 0 Å². The molecular weight excluding hydrogens is 360 g/mol. The van der Waals surface area contributed by atoms with E-state index in [1.165, 1.54) is 37.4 Å². The lowest BCUT2D eigenvalue weighted by molar-refractivity contribution is -0.244. The van der Waals surface area contributed by atoms with Gasteiger partial charge in [-0.25, -0.2) is 4.89 Å². The lowest BCUT2D eigenvalue weighted by Crippen LogP contribution is -2.41. The SMILES string of the molecule is CCCCCC/C=C\C=C\C(CC(=O)SCC)OO[Si](C)(C)C(C)(C)C. The first-order chi connectivity index (χ1) is 12.1. The van der Waals surface area contributed by atoms with E-state index in [2.05, 4.69) is 46.9 Å². The first-order valence-corrected chi connectivity index (χ1v) is 13.9. The van der Waals surface area contributed by atoms with Gasteiger partial charge in [0.1, 0.15) is 6.10 Å². The van der Waals surface area contributed by atoms with Crippen LogP contribution in [0.5, 0.6) is 0 Å². The molecule has 0 aromatic rings. The highest BCUT2D eigenvalue weighted by atomic mass is 32.2. The van der Waals surface area contributed by atoms with E-state index in [4.69, 9.17) is 9.46 Å². The molecule has 5 heteroatoms. The van der Waals surface area contributed by atoms with Crippen LogP contribution in [0.25, 0.3) is 0 Å². The fourth-order valence-corrected chi connectivity index (χ4v) is 3.10. The van der Waals surface area contributed by atoms with Gasteiger partial charge in [-0.2, -0.15) is 0 Å². The summed E-state index contributed by atoms with van der Waals surface area (Å²) in [7, 11) is -2.00. The molecular formula is C21H40O3SSi. The Balaban J connectivity index is 4.62. The Bertz CT molecular complexity index is 439. The van der Waals surface area contributed by atoms with Gasteiger partial charge in [-0.1, -0.05) is 89.9 Å². The van der Waals surface area contributed by atoms with Gasteiger partial charge in [0.25, 0.3) is 0 Å². The van der Waals surface area contributed by atoms with Crippen molar-refractivity contribution in [3.05, 3.63) is 24.3 Å². The van der Waals surface area contributed by atoms with E-state index in [0.717, 1.165) is 12.2 Å². The Morgan fingerprint density at radius 2 is 1.81 bits per heavy atom. The number of hydrogen-bond donors (Lipinski definition) is 0. The number of carbonyl (C=O) groups excluding carboxylic acids is 1. The van der Waals surface area contributed by atoms with Gasteiger partial charge >= 0.3 is 0 Å². The van der Waals surface area contributed by atoms with Crippen LogP contribution in [-0.4, -0.2) is 25.3 Å². The van der Waals surface area contributed by atoms with Crippen molar-refractivity contribution in [3.63, 3.8) is 0 Å². The summed E-state index contributed by atoms with van der Waals surface area (Å²) in [5, 5.41) is 0.214. The van der Waals surface area contributed by atoms with Gasteiger partial charge in [0, 0.05) is 6.42 Å². The molecule has 152 valence electrons. The monoisotopic (exact) mass is 400 g/mol. The first kappa shape index (κ1) is 25.6. The van der Waals surface area contributed by atoms with Gasteiger partial charge in [0.2, 0.25) is 8.32 Å². The Morgan fingerprint density at radius 3 is 2.38 bits per heavy atom. The summed E-state index contributed by atoms with van der Waals surface area (Å²) in [6.07, 6.45) is 14.3. The summed E-state index contributed by atoms with van der Waals surface area (Å²) in [6.45, 7) is 15.0. The van der Waals surface area contributed by atoms with Gasteiger partial charge < -0.3 is 0 Å². The smallest absolute Gasteiger partial charge is 0.238 e. The molecule has 0 aromatic carbocycles. The average Bonchev–Trinajstić information content (AvgIpc) is 2.54. The van der Waals surface area contributed by atoms with E-state index < -0.39 is 8.32 Å². The zero-order valence-corrected chi connectivity index (χ0v) is 19.8. The second-order valence-electron chi connectivity index (χ2n) is 8.15. The van der Waals surface area contributed by atoms with Crippen molar-refractivity contribution in [2.75, 3.05) is 5.75 Å². The van der Waals surface area contributed by atoms with Crippen LogP contribution in [-0.2, 0) is 14.3 Å². The highest BCUT2D eigenvalue weighted by molar-refractivity contribution is 8.13. The Morgan fingerprint density at radius 1 is 1.12 bits per heavy atom. The van der Waals surface area contributed by atoms with E-state index in [0.29, 0.717) is 6.42 Å². The van der Waals surface area contributed by atoms with E-state index >= 15 is 0 Å². The fourth-order valence-electron chi connectivity index (χ4n) is 1.88. The quantitative estimate of drug-likeness (QED) is 0.109. The van der Waals surface area contributed by atoms with E-state index in [-0.39, 0.29) is 16.3 Å². The molecule has 0 saturated carbocycles. The molecule has 0 radical (unpaired) electrons. The van der Waals surface area contributed by atoms with Gasteiger partial charge in [0.15, 0.2) is 5.12 Å². The largest absolute Gasteiger partial charge is 0.287 e. The molecule has 0 fully saturated rings. The van der Waals surface area contributed by atoms with Crippen LogP contribution in [0.1, 0.15) is 73.1 Å². The highest BCUT2D eigenvalue weighted by Gasteiger charge is 2.39. The zero-order chi connectivity index (χ0) is 20.1. The van der Waals surface area contributed by atoms with Crippen molar-refractivity contribution in [1.29, 1.82) is 0 Å². The summed E-state index contributed by atoms with van der Waals surface area (Å²) in [6, 6.07) is 0. The summed E-state index contributed by atoms with van der Waals surface area (Å²) < 4.78 is 5.86. The summed E-state index contributed by atoms with van der Waals surface area (Å²) in [4.78, 5) is 17.7. The van der Waals surface area contributed by atoms with E-state index in [9.17, 15) is 4.79 Å². The van der Waals surface area contributed by atoms with Crippen molar-refractivity contribution in [3.8, 4) is 0 Å². The van der Waals surface area contributed by atoms with Gasteiger partial charge in [-0.05, 0) is 36.7 Å². The molecule has 0 spiro atoms. The van der Waals surface area contributed by atoms with Crippen molar-refractivity contribution >= 4 is 25.2 Å². The summed E-state index contributed by atoms with van der Waals surface area (Å²) >= 11 is 1.34. The molecule has 0 bridgehead atoms. The molecule has 0 amide bonds. The normalized spacial score (nSPS) is 14.4. The van der Waals surface area contributed by atoms with E-state index in [1.807, 2.05) is 25.2 Å². The number of rotatable bonds is 13. The maximum absolute atomic E-state index is 12.0. The second kappa shape index (κ2) is 13.8. The second-order valence-corrected chi connectivity index (χ2v) is 14.2. The van der Waals surface area contributed by atoms with Crippen molar-refractivity contribution in [2.45, 2.75) is 97.4 Å². The third-order valence-electron chi connectivity index (χ3n) is 4.66. The lowest BCUT2D eigenvalue weighted by Gasteiger charge is -2.35. The number of thioether (sulfide) groups is 1. The molecule has 0 aliphatic heterocycles. The van der Waals surface area contributed by atoms with Crippen LogP contribution in [0.3, 0.4) is 0 Å². The predicted molar refractivity (Wildman–Crippen MR) is 118 cm³/mol. The topological polar surface area (TPSA) is 35.5 Å². The first-order valence-electron chi connectivity index (χ1n) is 9.97. The van der Waals surface area contributed by atoms with Crippen LogP contribution in [0, 0.1) is 0 Å². The standard InChI is InChI=1S/C21H40O3SSi/c1-8-10-11-12-13-14-15-16-17-19(18-20(22)25-9-2)23-24-26(6,7)21(3,4)5/h14-17,19H,8-13,18H2,1-7H3/b15-14-,17-16+. The third-order valence-corrected chi connectivity index (χ3v) is 9.56. The lowest BCUT2D eigenvalue weighted by atomic mass is 10.1. The molecule has 0 aliphatic carbocycles. The van der Waals surface area contributed by atoms with Gasteiger partial charge in [-0.15, -0.1) is 0 Å². The van der Waals surface area contributed by atoms with Crippen molar-refractivity contribution < 1.29 is 14.3 Å². The van der Waals surface area contributed by atoms with Crippen molar-refractivity contribution in [2.24, 2.45) is 0 Å². The molecule has 26 heavy (non-hydrogen) atoms. The fraction of sp³-hybridized carbons (Fsp3) is 0.762. The average molecular weight is 401 g/mol. The van der Waals surface area contributed by atoms with E-state index in [1.54, 1.807) is 0 Å². The van der Waals surface area contributed by atoms with Gasteiger partial charge in [-0.3, -0.25) is 9.37 Å². The molecule has 3 nitrogen and oxygen atoms in total.